The molecule has 16 heteroatoms. The number of carbonyl (C=O) groups excluding carboxylic acids is 5. The van der Waals surface area contributed by atoms with Gasteiger partial charge in [-0.1, -0.05) is 18.2 Å². The molecule has 0 radical (unpaired) electrons. The molecule has 1 saturated heterocycles. The first-order chi connectivity index (χ1) is 24.8. The molecular weight excluding hydrogens is 690 g/mol. The smallest absolute Gasteiger partial charge is 0.408 e. The molecule has 5 atom stereocenters. The van der Waals surface area contributed by atoms with Crippen LogP contribution in [0.1, 0.15) is 77.8 Å². The molecule has 1 unspecified atom stereocenters. The standard InChI is InChI=1S/C37H53N5O11/c1-36(2,3)52-34(49)38-20-25(43)19-27-32(47)40-28(33(48)42-11-13-51-14-12-42)18-24-16-22(8-10-30(24)45)21-7-9-29(44)23(15-21)17-26(31(46)39-27)41-35(50)53-37(4,5)6/h8-10,15-16,21,25-28,43-45H,7,11-14,17-20H2,1-6H3,(H,38,49)(H,39,46)(H,40,47)(H,41,50)/t21?,25-,26+,27+,28+/m1/s1. The fourth-order valence-electron chi connectivity index (χ4n) is 6.12. The number of carbonyl (C=O) groups is 5. The van der Waals surface area contributed by atoms with Crippen molar-refractivity contribution in [2.45, 2.75) is 109 Å². The van der Waals surface area contributed by atoms with Crippen molar-refractivity contribution in [1.82, 2.24) is 26.2 Å². The summed E-state index contributed by atoms with van der Waals surface area (Å²) in [5.41, 5.74) is -0.257. The number of allylic oxidation sites excluding steroid dienone is 3. The highest BCUT2D eigenvalue weighted by Gasteiger charge is 2.35. The lowest BCUT2D eigenvalue weighted by atomic mass is 9.85. The zero-order valence-electron chi connectivity index (χ0n) is 31.2. The van der Waals surface area contributed by atoms with Gasteiger partial charge in [0.2, 0.25) is 17.7 Å². The van der Waals surface area contributed by atoms with Gasteiger partial charge in [0.05, 0.1) is 19.3 Å². The average Bonchev–Trinajstić information content (AvgIpc) is 3.06. The molecule has 0 saturated carbocycles. The molecule has 2 heterocycles. The highest BCUT2D eigenvalue weighted by atomic mass is 16.6. The molecule has 0 spiro atoms. The van der Waals surface area contributed by atoms with E-state index in [0.29, 0.717) is 30.8 Å². The van der Waals surface area contributed by atoms with Crippen molar-refractivity contribution < 1.29 is 53.5 Å². The van der Waals surface area contributed by atoms with Crippen molar-refractivity contribution in [3.8, 4) is 5.75 Å². The number of hydrogen-bond acceptors (Lipinski definition) is 11. The summed E-state index contributed by atoms with van der Waals surface area (Å²) in [6.45, 7) is 10.8. The number of ether oxygens (including phenoxy) is 3. The third-order valence-electron chi connectivity index (χ3n) is 8.64. The first kappa shape index (κ1) is 40.9. The molecule has 1 aliphatic carbocycles. The number of phenols is 1. The van der Waals surface area contributed by atoms with Crippen LogP contribution in [0.2, 0.25) is 0 Å². The maximum atomic E-state index is 14.1. The minimum absolute atomic E-state index is 0.0949. The Kier molecular flexibility index (Phi) is 13.4. The molecule has 16 nitrogen and oxygen atoms in total. The van der Waals surface area contributed by atoms with Gasteiger partial charge in [0.15, 0.2) is 0 Å². The Morgan fingerprint density at radius 3 is 2.28 bits per heavy atom. The van der Waals surface area contributed by atoms with Crippen LogP contribution in [-0.4, -0.2) is 118 Å². The second-order valence-electron chi connectivity index (χ2n) is 15.5. The van der Waals surface area contributed by atoms with Crippen LogP contribution in [0.3, 0.4) is 0 Å². The van der Waals surface area contributed by atoms with Crippen molar-refractivity contribution in [3.63, 3.8) is 0 Å². The third kappa shape index (κ3) is 12.4. The number of fused-ring (bicyclic) bond motifs is 4. The molecule has 7 N–H and O–H groups in total. The minimum atomic E-state index is -1.50. The molecule has 1 aromatic carbocycles. The zero-order valence-corrected chi connectivity index (χ0v) is 31.2. The largest absolute Gasteiger partial charge is 0.508 e. The molecule has 3 aliphatic rings. The lowest BCUT2D eigenvalue weighted by Gasteiger charge is -2.32. The van der Waals surface area contributed by atoms with Crippen LogP contribution >= 0.6 is 0 Å². The Morgan fingerprint density at radius 1 is 0.962 bits per heavy atom. The minimum Gasteiger partial charge on any atom is -0.508 e. The van der Waals surface area contributed by atoms with Gasteiger partial charge in [0, 0.05) is 44.8 Å². The van der Waals surface area contributed by atoms with Crippen LogP contribution in [0.5, 0.6) is 5.75 Å². The number of aliphatic hydroxyl groups excluding tert-OH is 2. The fourth-order valence-corrected chi connectivity index (χ4v) is 6.12. The van der Waals surface area contributed by atoms with Crippen molar-refractivity contribution >= 4 is 29.9 Å². The van der Waals surface area contributed by atoms with Gasteiger partial charge < -0.3 is 55.7 Å². The third-order valence-corrected chi connectivity index (χ3v) is 8.64. The van der Waals surface area contributed by atoms with Crippen LogP contribution in [-0.2, 0) is 35.0 Å². The Bertz CT molecular complexity index is 1590. The first-order valence-electron chi connectivity index (χ1n) is 17.8. The number of nitrogens with one attached hydrogen (secondary N) is 4. The molecule has 2 aliphatic heterocycles. The first-order valence-corrected chi connectivity index (χ1v) is 17.8. The maximum absolute atomic E-state index is 14.1. The van der Waals surface area contributed by atoms with Crippen LogP contribution in [0.25, 0.3) is 0 Å². The predicted molar refractivity (Wildman–Crippen MR) is 192 cm³/mol. The van der Waals surface area contributed by atoms with Gasteiger partial charge in [0.25, 0.3) is 0 Å². The average molecular weight is 744 g/mol. The summed E-state index contributed by atoms with van der Waals surface area (Å²) in [6, 6.07) is 0.878. The number of amides is 5. The molecule has 1 fully saturated rings. The Morgan fingerprint density at radius 2 is 1.62 bits per heavy atom. The van der Waals surface area contributed by atoms with Gasteiger partial charge in [-0.2, -0.15) is 0 Å². The summed E-state index contributed by atoms with van der Waals surface area (Å²) >= 11 is 0. The quantitative estimate of drug-likeness (QED) is 0.224. The van der Waals surface area contributed by atoms with Crippen LogP contribution in [0.15, 0.2) is 41.7 Å². The number of alkyl carbamates (subject to hydrolysis) is 2. The van der Waals surface area contributed by atoms with E-state index in [1.54, 1.807) is 70.7 Å². The molecule has 5 amide bonds. The number of benzene rings is 1. The summed E-state index contributed by atoms with van der Waals surface area (Å²) in [6.07, 6.45) is -0.108. The Labute approximate surface area is 309 Å². The Balaban J connectivity index is 1.74. The van der Waals surface area contributed by atoms with E-state index in [0.717, 1.165) is 5.56 Å². The molecule has 4 bridgehead atoms. The van der Waals surface area contributed by atoms with Crippen molar-refractivity contribution in [2.24, 2.45) is 0 Å². The lowest BCUT2D eigenvalue weighted by Crippen LogP contribution is -2.59. The predicted octanol–water partition coefficient (Wildman–Crippen LogP) is 2.19. The van der Waals surface area contributed by atoms with Crippen molar-refractivity contribution in [1.29, 1.82) is 0 Å². The van der Waals surface area contributed by atoms with E-state index in [1.807, 2.05) is 0 Å². The van der Waals surface area contributed by atoms with Crippen LogP contribution < -0.4 is 21.3 Å². The fraction of sp³-hybridized carbons (Fsp3) is 0.595. The van der Waals surface area contributed by atoms with Crippen molar-refractivity contribution in [2.75, 3.05) is 32.8 Å². The molecule has 0 aromatic heterocycles. The monoisotopic (exact) mass is 743 g/mol. The van der Waals surface area contributed by atoms with Crippen LogP contribution in [0, 0.1) is 0 Å². The van der Waals surface area contributed by atoms with E-state index < -0.39 is 71.8 Å². The van der Waals surface area contributed by atoms with Gasteiger partial charge in [-0.15, -0.1) is 0 Å². The second kappa shape index (κ2) is 17.3. The number of rotatable bonds is 6. The molecule has 1 aromatic rings. The number of hydrogen-bond donors (Lipinski definition) is 7. The normalized spacial score (nSPS) is 23.4. The summed E-state index contributed by atoms with van der Waals surface area (Å²) in [5.74, 6) is -2.63. The van der Waals surface area contributed by atoms with Gasteiger partial charge in [0.1, 0.15) is 40.8 Å². The highest BCUT2D eigenvalue weighted by Crippen LogP contribution is 2.34. The molecular formula is C37H53N5O11. The van der Waals surface area contributed by atoms with E-state index in [1.165, 1.54) is 6.07 Å². The highest BCUT2D eigenvalue weighted by molar-refractivity contribution is 5.94. The number of nitrogens with zero attached hydrogens (tertiary/aromatic N) is 1. The second-order valence-corrected chi connectivity index (χ2v) is 15.5. The summed E-state index contributed by atoms with van der Waals surface area (Å²) in [7, 11) is 0. The van der Waals surface area contributed by atoms with Gasteiger partial charge in [-0.3, -0.25) is 14.4 Å². The SMILES string of the molecule is CC(C)(C)OC(=O)NC[C@H](O)C[C@@H]1NC(=O)[C@@H](NC(=O)OC(C)(C)C)CC2=CC(CC=C2O)c2ccc(O)c(c2)C[C@@H](C(=O)N2CCOCC2)NC1=O. The van der Waals surface area contributed by atoms with Crippen molar-refractivity contribution in [3.05, 3.63) is 52.8 Å². The van der Waals surface area contributed by atoms with E-state index in [2.05, 4.69) is 21.3 Å². The van der Waals surface area contributed by atoms with E-state index in [9.17, 15) is 39.3 Å². The topological polar surface area (TPSA) is 225 Å². The van der Waals surface area contributed by atoms with Gasteiger partial charge in [-0.05, 0) is 76.8 Å². The maximum Gasteiger partial charge on any atom is 0.408 e. The summed E-state index contributed by atoms with van der Waals surface area (Å²) in [5, 5.41) is 43.2. The van der Waals surface area contributed by atoms with Gasteiger partial charge in [-0.25, -0.2) is 9.59 Å². The number of aliphatic hydroxyl groups is 2. The molecule has 53 heavy (non-hydrogen) atoms. The van der Waals surface area contributed by atoms with Gasteiger partial charge >= 0.3 is 12.2 Å². The van der Waals surface area contributed by atoms with Crippen LogP contribution in [0.4, 0.5) is 9.59 Å². The summed E-state index contributed by atoms with van der Waals surface area (Å²) in [4.78, 5) is 69.0. The zero-order chi connectivity index (χ0) is 39.1. The number of morpholine rings is 1. The lowest BCUT2D eigenvalue weighted by molar-refractivity contribution is -0.140. The summed E-state index contributed by atoms with van der Waals surface area (Å²) < 4.78 is 16.1. The Hall–Kier alpha value is -4.83. The number of aromatic hydroxyl groups is 1. The van der Waals surface area contributed by atoms with E-state index in [-0.39, 0.29) is 49.9 Å². The van der Waals surface area contributed by atoms with E-state index in [4.69, 9.17) is 14.2 Å². The molecule has 292 valence electrons. The molecule has 4 rings (SSSR count). The van der Waals surface area contributed by atoms with E-state index >= 15 is 0 Å². The number of phenolic OH excluding ortho intramolecular Hbond substituents is 1.